The molecular weight excluding hydrogens is 244 g/mol. The number of nitrogens with two attached hydrogens (primary N) is 1. The molecular formula is C13H14N4S. The molecule has 1 aromatic carbocycles. The second-order valence-electron chi connectivity index (χ2n) is 4.54. The number of hydrogen-bond donors (Lipinski definition) is 1. The minimum absolute atomic E-state index is 0.324. The Bertz CT molecular complexity index is 739. The third-order valence-electron chi connectivity index (χ3n) is 3.21. The maximum Gasteiger partial charge on any atom is 0.241 e. The van der Waals surface area contributed by atoms with Crippen molar-refractivity contribution in [1.29, 1.82) is 0 Å². The largest absolute Gasteiger partial charge is 0.366 e. The third-order valence-corrected chi connectivity index (χ3v) is 4.03. The van der Waals surface area contributed by atoms with Crippen LogP contribution in [0.1, 0.15) is 16.7 Å². The van der Waals surface area contributed by atoms with E-state index in [2.05, 4.69) is 48.4 Å². The molecule has 0 atom stereocenters. The number of nitrogen functional groups attached to an aromatic ring is 1. The Balaban J connectivity index is 2.28. The van der Waals surface area contributed by atoms with E-state index in [-0.39, 0.29) is 0 Å². The molecule has 4 nitrogen and oxygen atoms in total. The number of anilines is 1. The number of aromatic nitrogens is 3. The van der Waals surface area contributed by atoms with Crippen LogP contribution in [-0.2, 0) is 0 Å². The Morgan fingerprint density at radius 2 is 1.83 bits per heavy atom. The number of thiazole rings is 1. The van der Waals surface area contributed by atoms with Crippen LogP contribution >= 0.6 is 11.3 Å². The van der Waals surface area contributed by atoms with Crippen LogP contribution in [0, 0.1) is 20.8 Å². The van der Waals surface area contributed by atoms with Crippen molar-refractivity contribution in [3.63, 3.8) is 0 Å². The van der Waals surface area contributed by atoms with Gasteiger partial charge < -0.3 is 5.73 Å². The molecule has 0 aliphatic rings. The van der Waals surface area contributed by atoms with Crippen LogP contribution < -0.4 is 5.73 Å². The normalized spacial score (nSPS) is 11.3. The lowest BCUT2D eigenvalue weighted by Gasteiger charge is -2.08. The molecule has 18 heavy (non-hydrogen) atoms. The van der Waals surface area contributed by atoms with E-state index >= 15 is 0 Å². The van der Waals surface area contributed by atoms with Gasteiger partial charge in [-0.1, -0.05) is 6.07 Å². The smallest absolute Gasteiger partial charge is 0.241 e. The van der Waals surface area contributed by atoms with Crippen molar-refractivity contribution in [3.8, 4) is 11.3 Å². The summed E-state index contributed by atoms with van der Waals surface area (Å²) in [6.45, 7) is 6.37. The maximum absolute atomic E-state index is 5.64. The maximum atomic E-state index is 5.64. The summed E-state index contributed by atoms with van der Waals surface area (Å²) in [4.78, 5) is 5.01. The molecule has 5 heteroatoms. The molecule has 2 aromatic heterocycles. The average molecular weight is 258 g/mol. The van der Waals surface area contributed by atoms with Crippen LogP contribution in [0.15, 0.2) is 17.5 Å². The molecule has 0 aliphatic heterocycles. The minimum atomic E-state index is 0.324. The van der Waals surface area contributed by atoms with Gasteiger partial charge in [-0.25, -0.2) is 4.52 Å². The third kappa shape index (κ3) is 1.59. The summed E-state index contributed by atoms with van der Waals surface area (Å²) in [7, 11) is 0. The molecule has 92 valence electrons. The van der Waals surface area contributed by atoms with Gasteiger partial charge in [-0.15, -0.1) is 16.4 Å². The van der Waals surface area contributed by atoms with E-state index in [0.717, 1.165) is 10.7 Å². The zero-order valence-corrected chi connectivity index (χ0v) is 11.4. The van der Waals surface area contributed by atoms with Gasteiger partial charge in [0.05, 0.1) is 5.69 Å². The van der Waals surface area contributed by atoms with Gasteiger partial charge in [-0.2, -0.15) is 4.98 Å². The first-order valence-corrected chi connectivity index (χ1v) is 6.62. The number of rotatable bonds is 1. The molecule has 2 N–H and O–H groups in total. The van der Waals surface area contributed by atoms with Crippen molar-refractivity contribution in [2.24, 2.45) is 0 Å². The second kappa shape index (κ2) is 3.81. The van der Waals surface area contributed by atoms with Crippen molar-refractivity contribution >= 4 is 22.2 Å². The van der Waals surface area contributed by atoms with Gasteiger partial charge in [-0.05, 0) is 43.5 Å². The van der Waals surface area contributed by atoms with Crippen LogP contribution in [0.5, 0.6) is 0 Å². The Morgan fingerprint density at radius 1 is 1.11 bits per heavy atom. The second-order valence-corrected chi connectivity index (χ2v) is 5.37. The van der Waals surface area contributed by atoms with Gasteiger partial charge in [-0.3, -0.25) is 0 Å². The van der Waals surface area contributed by atoms with E-state index in [1.54, 1.807) is 11.3 Å². The van der Waals surface area contributed by atoms with Gasteiger partial charge >= 0.3 is 0 Å². The molecule has 0 spiro atoms. The highest BCUT2D eigenvalue weighted by atomic mass is 32.1. The molecule has 3 aromatic rings. The fraction of sp³-hybridized carbons (Fsp3) is 0.231. The van der Waals surface area contributed by atoms with Crippen molar-refractivity contribution < 1.29 is 0 Å². The monoisotopic (exact) mass is 258 g/mol. The minimum Gasteiger partial charge on any atom is -0.366 e. The SMILES string of the molecule is Cc1cc(C)c(-c2csc3nc(N)nn23)cc1C. The van der Waals surface area contributed by atoms with Crippen LogP contribution in [-0.4, -0.2) is 14.6 Å². The van der Waals surface area contributed by atoms with Crippen molar-refractivity contribution in [2.75, 3.05) is 5.73 Å². The van der Waals surface area contributed by atoms with E-state index in [1.807, 2.05) is 4.52 Å². The number of aryl methyl sites for hydroxylation is 3. The molecule has 0 saturated carbocycles. The fourth-order valence-electron chi connectivity index (χ4n) is 2.12. The van der Waals surface area contributed by atoms with Gasteiger partial charge in [0.2, 0.25) is 10.9 Å². The number of benzene rings is 1. The number of nitrogens with zero attached hydrogens (tertiary/aromatic N) is 3. The Hall–Kier alpha value is -1.88. The quantitative estimate of drug-likeness (QED) is 0.730. The molecule has 0 unspecified atom stereocenters. The first-order valence-electron chi connectivity index (χ1n) is 5.74. The van der Waals surface area contributed by atoms with Crippen LogP contribution in [0.3, 0.4) is 0 Å². The highest BCUT2D eigenvalue weighted by Gasteiger charge is 2.12. The highest BCUT2D eigenvalue weighted by molar-refractivity contribution is 7.15. The molecule has 0 fully saturated rings. The molecule has 0 bridgehead atoms. The Morgan fingerprint density at radius 3 is 2.61 bits per heavy atom. The fourth-order valence-corrected chi connectivity index (χ4v) is 2.95. The molecule has 0 aliphatic carbocycles. The molecule has 0 radical (unpaired) electrons. The van der Waals surface area contributed by atoms with Crippen molar-refractivity contribution in [2.45, 2.75) is 20.8 Å². The zero-order valence-electron chi connectivity index (χ0n) is 10.6. The number of hydrogen-bond acceptors (Lipinski definition) is 4. The molecule has 0 saturated heterocycles. The lowest BCUT2D eigenvalue weighted by atomic mass is 9.99. The predicted molar refractivity (Wildman–Crippen MR) is 74.9 cm³/mol. The molecule has 0 amide bonds. The van der Waals surface area contributed by atoms with Gasteiger partial charge in [0.1, 0.15) is 0 Å². The first-order chi connectivity index (χ1) is 8.56. The Kier molecular flexibility index (Phi) is 2.38. The zero-order chi connectivity index (χ0) is 12.9. The van der Waals surface area contributed by atoms with Gasteiger partial charge in [0.15, 0.2) is 0 Å². The van der Waals surface area contributed by atoms with E-state index in [0.29, 0.717) is 5.95 Å². The summed E-state index contributed by atoms with van der Waals surface area (Å²) in [6, 6.07) is 4.40. The summed E-state index contributed by atoms with van der Waals surface area (Å²) < 4.78 is 1.82. The Labute approximate surface area is 109 Å². The summed E-state index contributed by atoms with van der Waals surface area (Å²) in [5, 5.41) is 6.31. The lowest BCUT2D eigenvalue weighted by Crippen LogP contribution is -1.94. The summed E-state index contributed by atoms with van der Waals surface area (Å²) in [5.41, 5.74) is 11.7. The predicted octanol–water partition coefficient (Wildman–Crippen LogP) is 2.97. The van der Waals surface area contributed by atoms with Crippen LogP contribution in [0.25, 0.3) is 16.2 Å². The van der Waals surface area contributed by atoms with Gasteiger partial charge in [0, 0.05) is 10.9 Å². The molecule has 3 rings (SSSR count). The summed E-state index contributed by atoms with van der Waals surface area (Å²) in [5.74, 6) is 0.324. The van der Waals surface area contributed by atoms with E-state index in [4.69, 9.17) is 5.73 Å². The van der Waals surface area contributed by atoms with Crippen molar-refractivity contribution in [1.82, 2.24) is 14.6 Å². The van der Waals surface area contributed by atoms with Gasteiger partial charge in [0.25, 0.3) is 0 Å². The summed E-state index contributed by atoms with van der Waals surface area (Å²) >= 11 is 1.56. The number of fused-ring (bicyclic) bond motifs is 1. The van der Waals surface area contributed by atoms with Crippen molar-refractivity contribution in [3.05, 3.63) is 34.2 Å². The van der Waals surface area contributed by atoms with Crippen LogP contribution in [0.4, 0.5) is 5.95 Å². The molecule has 2 heterocycles. The lowest BCUT2D eigenvalue weighted by molar-refractivity contribution is 0.990. The summed E-state index contributed by atoms with van der Waals surface area (Å²) in [6.07, 6.45) is 0. The standard InChI is InChI=1S/C13H14N4S/c1-7-4-9(3)10(5-8(7)2)11-6-18-13-15-12(14)16-17(11)13/h4-6H,1-3H3,(H2,14,16). The topological polar surface area (TPSA) is 56.2 Å². The van der Waals surface area contributed by atoms with E-state index in [1.165, 1.54) is 22.3 Å². The average Bonchev–Trinajstić information content (AvgIpc) is 2.82. The van der Waals surface area contributed by atoms with Crippen LogP contribution in [0.2, 0.25) is 0 Å². The highest BCUT2D eigenvalue weighted by Crippen LogP contribution is 2.29. The van der Waals surface area contributed by atoms with E-state index < -0.39 is 0 Å². The van der Waals surface area contributed by atoms with E-state index in [9.17, 15) is 0 Å². The first kappa shape index (κ1) is 11.2.